The molecule has 138 valence electrons. The number of thiophene rings is 1. The molecule has 0 saturated carbocycles. The molecule has 1 heterocycles. The molecule has 1 aromatic heterocycles. The van der Waals surface area contributed by atoms with E-state index in [1.807, 2.05) is 52.8 Å². The van der Waals surface area contributed by atoms with Crippen molar-refractivity contribution in [3.05, 3.63) is 45.1 Å². The topological polar surface area (TPSA) is 66.4 Å². The van der Waals surface area contributed by atoms with E-state index < -0.39 is 13.3 Å². The van der Waals surface area contributed by atoms with Crippen molar-refractivity contribution in [2.75, 3.05) is 11.8 Å². The number of hydrogen-bond donors (Lipinski definition) is 2. The number of anilines is 1. The summed E-state index contributed by atoms with van der Waals surface area (Å²) in [5.74, 6) is 5.06. The molecule has 0 radical (unpaired) electrons. The number of aromatic carboxylic acids is 1. The molecular formula is C20H24NO3PS. The van der Waals surface area contributed by atoms with Crippen molar-refractivity contribution < 1.29 is 14.5 Å². The van der Waals surface area contributed by atoms with Gasteiger partial charge in [0.05, 0.1) is 10.6 Å². The molecule has 0 aliphatic carbocycles. The van der Waals surface area contributed by atoms with Crippen molar-refractivity contribution >= 4 is 35.6 Å². The molecule has 1 unspecified atom stereocenters. The van der Waals surface area contributed by atoms with Crippen LogP contribution in [-0.2, 0) is 4.57 Å². The highest BCUT2D eigenvalue weighted by Crippen LogP contribution is 2.44. The van der Waals surface area contributed by atoms with E-state index >= 15 is 0 Å². The van der Waals surface area contributed by atoms with Gasteiger partial charge in [0, 0.05) is 17.4 Å². The summed E-state index contributed by atoms with van der Waals surface area (Å²) < 4.78 is 13.3. The summed E-state index contributed by atoms with van der Waals surface area (Å²) in [5, 5.41) is 13.2. The first-order valence-corrected chi connectivity index (χ1v) is 11.2. The zero-order valence-electron chi connectivity index (χ0n) is 15.9. The molecule has 4 nitrogen and oxygen atoms in total. The third-order valence-corrected chi connectivity index (χ3v) is 6.76. The number of carboxylic acids is 1. The summed E-state index contributed by atoms with van der Waals surface area (Å²) in [6.45, 7) is 11.5. The summed E-state index contributed by atoms with van der Waals surface area (Å²) in [7, 11) is -2.98. The molecule has 0 saturated heterocycles. The Morgan fingerprint density at radius 1 is 1.23 bits per heavy atom. The Morgan fingerprint density at radius 2 is 1.88 bits per heavy atom. The standard InChI is InChI=1S/C20H24NO3PS/c1-13-7-8-17(14(2)11-13)25(6,24)21-16-12-15(9-10-20(3,4)5)26-18(16)19(22)23/h7-8,11-12H,1-6H3,(H,21,24)(H,22,23). The fourth-order valence-corrected chi connectivity index (χ4v) is 5.25. The monoisotopic (exact) mass is 389 g/mol. The second-order valence-electron chi connectivity index (χ2n) is 7.48. The number of carboxylic acid groups (broad SMARTS) is 1. The molecule has 0 amide bonds. The van der Waals surface area contributed by atoms with Gasteiger partial charge >= 0.3 is 5.97 Å². The fourth-order valence-electron chi connectivity index (χ4n) is 2.52. The van der Waals surface area contributed by atoms with Crippen molar-refractivity contribution in [3.8, 4) is 11.8 Å². The minimum absolute atomic E-state index is 0.120. The van der Waals surface area contributed by atoms with Crippen molar-refractivity contribution in [1.82, 2.24) is 0 Å². The van der Waals surface area contributed by atoms with Gasteiger partial charge in [-0.3, -0.25) is 4.57 Å². The van der Waals surface area contributed by atoms with Crippen LogP contribution in [0.25, 0.3) is 0 Å². The fraction of sp³-hybridized carbons (Fsp3) is 0.350. The second-order valence-corrected chi connectivity index (χ2v) is 11.1. The number of rotatable bonds is 4. The lowest BCUT2D eigenvalue weighted by Crippen LogP contribution is -2.14. The van der Waals surface area contributed by atoms with Gasteiger partial charge in [-0.15, -0.1) is 11.3 Å². The van der Waals surface area contributed by atoms with Gasteiger partial charge in [-0.05, 0) is 52.3 Å². The number of benzene rings is 1. The average Bonchev–Trinajstić information content (AvgIpc) is 2.86. The van der Waals surface area contributed by atoms with E-state index in [1.165, 1.54) is 0 Å². The van der Waals surface area contributed by atoms with Gasteiger partial charge in [0.15, 0.2) is 7.29 Å². The Hall–Kier alpha value is -2.02. The molecule has 1 aromatic carbocycles. The van der Waals surface area contributed by atoms with E-state index in [4.69, 9.17) is 0 Å². The predicted molar refractivity (Wildman–Crippen MR) is 110 cm³/mol. The van der Waals surface area contributed by atoms with Crippen molar-refractivity contribution in [2.24, 2.45) is 5.41 Å². The van der Waals surface area contributed by atoms with E-state index in [-0.39, 0.29) is 10.3 Å². The average molecular weight is 389 g/mol. The number of nitrogens with one attached hydrogen (secondary N) is 1. The van der Waals surface area contributed by atoms with Crippen LogP contribution in [0.3, 0.4) is 0 Å². The predicted octanol–water partition coefficient (Wildman–Crippen LogP) is 5.11. The van der Waals surface area contributed by atoms with Crippen LogP contribution in [0.5, 0.6) is 0 Å². The minimum atomic E-state index is -2.98. The lowest BCUT2D eigenvalue weighted by Gasteiger charge is -2.18. The maximum atomic E-state index is 13.3. The van der Waals surface area contributed by atoms with Crippen LogP contribution in [0.2, 0.25) is 0 Å². The maximum absolute atomic E-state index is 13.3. The highest BCUT2D eigenvalue weighted by Gasteiger charge is 2.25. The smallest absolute Gasteiger partial charge is 0.348 e. The van der Waals surface area contributed by atoms with Gasteiger partial charge in [-0.1, -0.05) is 29.5 Å². The molecular weight excluding hydrogens is 365 g/mol. The molecule has 0 spiro atoms. The van der Waals surface area contributed by atoms with Gasteiger partial charge in [0.2, 0.25) is 0 Å². The molecule has 0 fully saturated rings. The van der Waals surface area contributed by atoms with E-state index in [2.05, 4.69) is 16.9 Å². The Balaban J connectivity index is 2.44. The highest BCUT2D eigenvalue weighted by molar-refractivity contribution is 7.72. The van der Waals surface area contributed by atoms with Crippen molar-refractivity contribution in [3.63, 3.8) is 0 Å². The van der Waals surface area contributed by atoms with Gasteiger partial charge < -0.3 is 10.2 Å². The largest absolute Gasteiger partial charge is 0.477 e. The van der Waals surface area contributed by atoms with E-state index in [9.17, 15) is 14.5 Å². The number of carbonyl (C=O) groups is 1. The molecule has 0 aliphatic rings. The first kappa shape index (κ1) is 20.3. The molecule has 2 aromatic rings. The van der Waals surface area contributed by atoms with E-state index in [1.54, 1.807) is 12.7 Å². The molecule has 0 bridgehead atoms. The summed E-state index contributed by atoms with van der Waals surface area (Å²) in [5.41, 5.74) is 2.18. The lowest BCUT2D eigenvalue weighted by molar-refractivity contribution is 0.0703. The Labute approximate surface area is 159 Å². The zero-order valence-corrected chi connectivity index (χ0v) is 17.6. The van der Waals surface area contributed by atoms with Gasteiger partial charge in [-0.2, -0.15) is 0 Å². The minimum Gasteiger partial charge on any atom is -0.477 e. The summed E-state index contributed by atoms with van der Waals surface area (Å²) in [6.07, 6.45) is 0. The van der Waals surface area contributed by atoms with Crippen LogP contribution in [0.4, 0.5) is 5.69 Å². The SMILES string of the molecule is Cc1ccc(P(C)(=O)Nc2cc(C#CC(C)(C)C)sc2C(=O)O)c(C)c1. The quantitative estimate of drug-likeness (QED) is 0.564. The summed E-state index contributed by atoms with van der Waals surface area (Å²) in [4.78, 5) is 12.4. The maximum Gasteiger partial charge on any atom is 0.348 e. The highest BCUT2D eigenvalue weighted by atomic mass is 32.1. The molecule has 26 heavy (non-hydrogen) atoms. The summed E-state index contributed by atoms with van der Waals surface area (Å²) in [6, 6.07) is 7.39. The Bertz CT molecular complexity index is 958. The van der Waals surface area contributed by atoms with Gasteiger partial charge in [-0.25, -0.2) is 4.79 Å². The normalized spacial score (nSPS) is 13.5. The van der Waals surface area contributed by atoms with E-state index in [0.29, 0.717) is 15.9 Å². The Kier molecular flexibility index (Phi) is 5.70. The summed E-state index contributed by atoms with van der Waals surface area (Å²) >= 11 is 1.09. The number of hydrogen-bond acceptors (Lipinski definition) is 3. The first-order valence-electron chi connectivity index (χ1n) is 8.23. The molecule has 1 atom stereocenters. The van der Waals surface area contributed by atoms with Crippen LogP contribution >= 0.6 is 18.6 Å². The van der Waals surface area contributed by atoms with Crippen molar-refractivity contribution in [2.45, 2.75) is 34.6 Å². The van der Waals surface area contributed by atoms with Crippen LogP contribution < -0.4 is 10.4 Å². The van der Waals surface area contributed by atoms with Crippen LogP contribution in [0.15, 0.2) is 24.3 Å². The number of aryl methyl sites for hydroxylation is 2. The molecule has 0 aliphatic heterocycles. The van der Waals surface area contributed by atoms with Gasteiger partial charge in [0.1, 0.15) is 4.88 Å². The van der Waals surface area contributed by atoms with Gasteiger partial charge in [0.25, 0.3) is 0 Å². The third kappa shape index (κ3) is 5.00. The van der Waals surface area contributed by atoms with Crippen LogP contribution in [0.1, 0.15) is 46.4 Å². The lowest BCUT2D eigenvalue weighted by atomic mass is 9.98. The van der Waals surface area contributed by atoms with Crippen LogP contribution in [0, 0.1) is 31.1 Å². The van der Waals surface area contributed by atoms with E-state index in [0.717, 1.165) is 22.5 Å². The zero-order chi connectivity index (χ0) is 19.7. The molecule has 2 N–H and O–H groups in total. The Morgan fingerprint density at radius 3 is 2.42 bits per heavy atom. The van der Waals surface area contributed by atoms with Crippen molar-refractivity contribution in [1.29, 1.82) is 0 Å². The third-order valence-electron chi connectivity index (χ3n) is 3.63. The second kappa shape index (κ2) is 7.31. The first-order chi connectivity index (χ1) is 11.9. The molecule has 6 heteroatoms. The van der Waals surface area contributed by atoms with Crippen LogP contribution in [-0.4, -0.2) is 17.7 Å². The molecule has 2 rings (SSSR count).